The summed E-state index contributed by atoms with van der Waals surface area (Å²) in [5.74, 6) is 1.88. The van der Waals surface area contributed by atoms with Gasteiger partial charge in [0, 0.05) is 39.8 Å². The van der Waals surface area contributed by atoms with Gasteiger partial charge >= 0.3 is 0 Å². The van der Waals surface area contributed by atoms with Crippen molar-refractivity contribution in [3.05, 3.63) is 204 Å². The number of halogens is 1. The van der Waals surface area contributed by atoms with Gasteiger partial charge in [-0.15, -0.1) is 0 Å². The van der Waals surface area contributed by atoms with E-state index in [1.165, 1.54) is 22.2 Å². The Morgan fingerprint density at radius 1 is 0.638 bits per heavy atom. The fourth-order valence-electron chi connectivity index (χ4n) is 9.60. The molecule has 0 spiro atoms. The summed E-state index contributed by atoms with van der Waals surface area (Å²) in [4.78, 5) is 2.28. The number of rotatable bonds is 7. The van der Waals surface area contributed by atoms with Crippen LogP contribution in [0.3, 0.4) is 0 Å². The molecule has 0 radical (unpaired) electrons. The summed E-state index contributed by atoms with van der Waals surface area (Å²) in [5.41, 5.74) is 11.7. The van der Waals surface area contributed by atoms with Gasteiger partial charge in [0.1, 0.15) is 27.7 Å². The van der Waals surface area contributed by atoms with Crippen molar-refractivity contribution >= 4 is 61.5 Å². The molecule has 9 aromatic rings. The first-order chi connectivity index (χ1) is 28.5. The molecule has 2 atom stereocenters. The van der Waals surface area contributed by atoms with Crippen LogP contribution < -0.4 is 9.64 Å². The summed E-state index contributed by atoms with van der Waals surface area (Å²) in [6.45, 7) is 4.75. The van der Waals surface area contributed by atoms with Crippen molar-refractivity contribution in [3.63, 3.8) is 0 Å². The minimum absolute atomic E-state index is 0.0477. The third kappa shape index (κ3) is 5.36. The zero-order chi connectivity index (χ0) is 39.0. The Morgan fingerprint density at radius 2 is 1.34 bits per heavy atom. The van der Waals surface area contributed by atoms with Crippen molar-refractivity contribution in [2.24, 2.45) is 5.92 Å². The van der Waals surface area contributed by atoms with E-state index in [0.717, 1.165) is 55.8 Å². The molecule has 0 fully saturated rings. The maximum absolute atomic E-state index is 7.47. The predicted octanol–water partition coefficient (Wildman–Crippen LogP) is 15.2. The quantitative estimate of drug-likeness (QED) is 0.162. The van der Waals surface area contributed by atoms with Gasteiger partial charge in [-0.1, -0.05) is 147 Å². The zero-order valence-electron chi connectivity index (χ0n) is 32.1. The highest BCUT2D eigenvalue weighted by atomic mass is 35.5. The smallest absolute Gasteiger partial charge is 0.148 e. The fraction of sp³-hybridized carbons (Fsp3) is 0.0943. The number of ether oxygens (including phenoxy) is 1. The van der Waals surface area contributed by atoms with Gasteiger partial charge in [-0.2, -0.15) is 0 Å². The van der Waals surface area contributed by atoms with Crippen LogP contribution in [0.25, 0.3) is 49.7 Å². The van der Waals surface area contributed by atoms with E-state index in [-0.39, 0.29) is 11.3 Å². The van der Waals surface area contributed by atoms with Crippen LogP contribution in [-0.2, 0) is 5.41 Å². The number of benzene rings is 7. The second kappa shape index (κ2) is 13.4. The molecule has 2 aliphatic carbocycles. The standard InChI is InChI=1S/C53H39ClN2O2/c1-53(2)42-22-9-6-19-39(42)52-50(53)40-20-7-10-23-43(40)56(52)45-25-14-28-48(51(45)54)57-38-18-12-17-37(33-38)55(36-31-29-35(30-32-36)34-15-4-3-5-16-34)44-24-13-27-47-49(44)41-21-8-11-26-46(41)58-47/h3-33,39,42H,1-2H3. The van der Waals surface area contributed by atoms with Gasteiger partial charge in [-0.05, 0) is 88.7 Å². The number of fused-ring (bicyclic) bond motifs is 8. The first-order valence-corrected chi connectivity index (χ1v) is 20.2. The van der Waals surface area contributed by atoms with E-state index in [1.54, 1.807) is 0 Å². The van der Waals surface area contributed by atoms with E-state index < -0.39 is 0 Å². The van der Waals surface area contributed by atoms with Crippen molar-refractivity contribution in [2.75, 3.05) is 4.90 Å². The molecule has 2 unspecified atom stereocenters. The Hall–Kier alpha value is -6.75. The maximum Gasteiger partial charge on any atom is 0.148 e. The second-order valence-electron chi connectivity index (χ2n) is 15.8. The topological polar surface area (TPSA) is 30.5 Å². The third-order valence-electron chi connectivity index (χ3n) is 12.2. The highest BCUT2D eigenvalue weighted by molar-refractivity contribution is 6.34. The SMILES string of the molecule is CC1(C)c2c(n(-c3cccc(Oc4cccc(N(c5ccc(-c6ccccc6)cc5)c5cccc6oc7ccccc7c56)c4)c3Cl)c3ccccc23)C2C=CC=CC21. The molecule has 280 valence electrons. The highest BCUT2D eigenvalue weighted by Crippen LogP contribution is 2.57. The lowest BCUT2D eigenvalue weighted by atomic mass is 9.74. The molecule has 5 heteroatoms. The molecule has 2 aliphatic rings. The van der Waals surface area contributed by atoms with Crippen LogP contribution in [0.15, 0.2) is 193 Å². The van der Waals surface area contributed by atoms with Crippen LogP contribution in [0.2, 0.25) is 5.02 Å². The Kier molecular flexibility index (Phi) is 7.99. The van der Waals surface area contributed by atoms with Crippen LogP contribution in [0.4, 0.5) is 17.1 Å². The molecular formula is C53H39ClN2O2. The number of hydrogen-bond donors (Lipinski definition) is 0. The molecule has 0 N–H and O–H groups in total. The van der Waals surface area contributed by atoms with Crippen LogP contribution >= 0.6 is 11.6 Å². The molecular weight excluding hydrogens is 732 g/mol. The molecule has 0 saturated heterocycles. The highest BCUT2D eigenvalue weighted by Gasteiger charge is 2.48. The zero-order valence-corrected chi connectivity index (χ0v) is 32.9. The Balaban J connectivity index is 1.03. The Labute approximate surface area is 342 Å². The number of hydrogen-bond acceptors (Lipinski definition) is 3. The fourth-order valence-corrected chi connectivity index (χ4v) is 9.85. The molecule has 2 aromatic heterocycles. The van der Waals surface area contributed by atoms with E-state index >= 15 is 0 Å². The van der Waals surface area contributed by atoms with E-state index in [9.17, 15) is 0 Å². The van der Waals surface area contributed by atoms with Gasteiger partial charge in [0.2, 0.25) is 0 Å². The number of aromatic nitrogens is 1. The minimum Gasteiger partial charge on any atom is -0.456 e. The van der Waals surface area contributed by atoms with Crippen molar-refractivity contribution in [2.45, 2.75) is 25.2 Å². The van der Waals surface area contributed by atoms with Gasteiger partial charge in [-0.3, -0.25) is 0 Å². The van der Waals surface area contributed by atoms with E-state index in [0.29, 0.717) is 22.4 Å². The number of anilines is 3. The number of para-hydroxylation sites is 2. The first-order valence-electron chi connectivity index (χ1n) is 19.9. The average molecular weight is 771 g/mol. The summed E-state index contributed by atoms with van der Waals surface area (Å²) in [6.07, 6.45) is 9.09. The van der Waals surface area contributed by atoms with Crippen molar-refractivity contribution in [1.82, 2.24) is 4.57 Å². The normalized spacial score (nSPS) is 16.5. The lowest BCUT2D eigenvalue weighted by Gasteiger charge is -2.30. The molecule has 0 aliphatic heterocycles. The molecule has 0 bridgehead atoms. The molecule has 0 saturated carbocycles. The van der Waals surface area contributed by atoms with Gasteiger partial charge in [0.25, 0.3) is 0 Å². The van der Waals surface area contributed by atoms with Crippen LogP contribution in [0, 0.1) is 5.92 Å². The van der Waals surface area contributed by atoms with E-state index in [1.807, 2.05) is 48.5 Å². The largest absolute Gasteiger partial charge is 0.456 e. The number of allylic oxidation sites excluding steroid dienone is 4. The summed E-state index contributed by atoms with van der Waals surface area (Å²) in [6, 6.07) is 56.7. The third-order valence-corrected chi connectivity index (χ3v) is 12.6. The molecule has 11 rings (SSSR count). The van der Waals surface area contributed by atoms with Crippen molar-refractivity contribution in [1.29, 1.82) is 0 Å². The molecule has 58 heavy (non-hydrogen) atoms. The molecule has 2 heterocycles. The van der Waals surface area contributed by atoms with Crippen molar-refractivity contribution < 1.29 is 9.15 Å². The Morgan fingerprint density at radius 3 is 2.21 bits per heavy atom. The van der Waals surface area contributed by atoms with Crippen LogP contribution in [0.5, 0.6) is 11.5 Å². The first kappa shape index (κ1) is 34.5. The van der Waals surface area contributed by atoms with Gasteiger partial charge in [0.15, 0.2) is 0 Å². The molecule has 4 nitrogen and oxygen atoms in total. The summed E-state index contributed by atoms with van der Waals surface area (Å²) in [7, 11) is 0. The van der Waals surface area contributed by atoms with Gasteiger partial charge in [-0.25, -0.2) is 0 Å². The van der Waals surface area contributed by atoms with Crippen molar-refractivity contribution in [3.8, 4) is 28.3 Å². The average Bonchev–Trinajstić information content (AvgIpc) is 3.89. The number of furan rings is 1. The Bertz CT molecular complexity index is 3100. The maximum atomic E-state index is 7.47. The monoisotopic (exact) mass is 770 g/mol. The predicted molar refractivity (Wildman–Crippen MR) is 240 cm³/mol. The lowest BCUT2D eigenvalue weighted by molar-refractivity contribution is 0.394. The van der Waals surface area contributed by atoms with Crippen LogP contribution in [0.1, 0.15) is 31.0 Å². The summed E-state index contributed by atoms with van der Waals surface area (Å²) >= 11 is 7.47. The van der Waals surface area contributed by atoms with Gasteiger partial charge in [0.05, 0.1) is 22.3 Å². The molecule has 7 aromatic carbocycles. The lowest BCUT2D eigenvalue weighted by Crippen LogP contribution is -2.25. The van der Waals surface area contributed by atoms with E-state index in [2.05, 4.69) is 163 Å². The van der Waals surface area contributed by atoms with E-state index in [4.69, 9.17) is 20.8 Å². The number of nitrogens with zero attached hydrogens (tertiary/aromatic N) is 2. The molecule has 0 amide bonds. The minimum atomic E-state index is -0.0477. The summed E-state index contributed by atoms with van der Waals surface area (Å²) in [5, 5.41) is 3.95. The van der Waals surface area contributed by atoms with Gasteiger partial charge < -0.3 is 18.6 Å². The van der Waals surface area contributed by atoms with Crippen LogP contribution in [-0.4, -0.2) is 4.57 Å². The second-order valence-corrected chi connectivity index (χ2v) is 16.2. The summed E-state index contributed by atoms with van der Waals surface area (Å²) < 4.78 is 15.5.